The summed E-state index contributed by atoms with van der Waals surface area (Å²) in [7, 11) is 1.32. The highest BCUT2D eigenvalue weighted by Gasteiger charge is 2.29. The van der Waals surface area contributed by atoms with Crippen molar-refractivity contribution in [2.45, 2.75) is 25.0 Å². The molecular weight excluding hydrogens is 442 g/mol. The van der Waals surface area contributed by atoms with Crippen LogP contribution >= 0.6 is 0 Å². The van der Waals surface area contributed by atoms with Crippen molar-refractivity contribution in [3.8, 4) is 11.1 Å². The van der Waals surface area contributed by atoms with Crippen molar-refractivity contribution in [2.75, 3.05) is 26.8 Å². The predicted octanol–water partition coefficient (Wildman–Crippen LogP) is 1.25. The van der Waals surface area contributed by atoms with Crippen LogP contribution in [0.2, 0.25) is 0 Å². The Hall–Kier alpha value is -3.92. The van der Waals surface area contributed by atoms with Gasteiger partial charge in [0.1, 0.15) is 13.2 Å². The van der Waals surface area contributed by atoms with Crippen LogP contribution in [0.25, 0.3) is 11.1 Å². The number of ether oxygens (including phenoxy) is 2. The summed E-state index contributed by atoms with van der Waals surface area (Å²) >= 11 is 0. The number of carboxylic acids is 1. The highest BCUT2D eigenvalue weighted by atomic mass is 16.5. The monoisotopic (exact) mass is 469 g/mol. The van der Waals surface area contributed by atoms with E-state index in [0.717, 1.165) is 22.3 Å². The molecule has 3 rings (SSSR count). The zero-order valence-electron chi connectivity index (χ0n) is 18.9. The first-order valence-electron chi connectivity index (χ1n) is 10.7. The molecule has 0 unspecified atom stereocenters. The lowest BCUT2D eigenvalue weighted by Gasteiger charge is -2.20. The summed E-state index contributed by atoms with van der Waals surface area (Å²) in [4.78, 5) is 47.2. The first-order valence-corrected chi connectivity index (χ1v) is 10.7. The number of nitrogens with one attached hydrogen (secondary N) is 3. The van der Waals surface area contributed by atoms with Gasteiger partial charge in [0.25, 0.3) is 0 Å². The molecule has 0 aliphatic heterocycles. The zero-order chi connectivity index (χ0) is 24.7. The van der Waals surface area contributed by atoms with Crippen LogP contribution in [0.5, 0.6) is 0 Å². The topological polar surface area (TPSA) is 143 Å². The van der Waals surface area contributed by atoms with Crippen LogP contribution in [0.4, 0.5) is 4.79 Å². The highest BCUT2D eigenvalue weighted by Crippen LogP contribution is 2.44. The Morgan fingerprint density at radius 2 is 1.47 bits per heavy atom. The van der Waals surface area contributed by atoms with E-state index < -0.39 is 49.1 Å². The molecular formula is C24H27N3O7. The molecule has 0 heterocycles. The van der Waals surface area contributed by atoms with Crippen LogP contribution in [-0.4, -0.2) is 67.9 Å². The summed E-state index contributed by atoms with van der Waals surface area (Å²) in [5.41, 5.74) is 4.36. The fourth-order valence-electron chi connectivity index (χ4n) is 3.78. The molecule has 180 valence electrons. The van der Waals surface area contributed by atoms with Gasteiger partial charge in [0.15, 0.2) is 6.04 Å². The molecule has 0 bridgehead atoms. The molecule has 0 aromatic heterocycles. The third-order valence-corrected chi connectivity index (χ3v) is 5.61. The molecule has 0 saturated carbocycles. The largest absolute Gasteiger partial charge is 0.480 e. The van der Waals surface area contributed by atoms with Crippen LogP contribution in [0, 0.1) is 0 Å². The van der Waals surface area contributed by atoms with Crippen LogP contribution in [0.15, 0.2) is 48.5 Å². The summed E-state index contributed by atoms with van der Waals surface area (Å²) in [5.74, 6) is -2.69. The number of hydrogen-bond acceptors (Lipinski definition) is 6. The van der Waals surface area contributed by atoms with Gasteiger partial charge in [-0.3, -0.25) is 9.59 Å². The van der Waals surface area contributed by atoms with Gasteiger partial charge in [-0.25, -0.2) is 9.59 Å². The van der Waals surface area contributed by atoms with Crippen LogP contribution in [0.3, 0.4) is 0 Å². The second-order valence-corrected chi connectivity index (χ2v) is 7.78. The number of fused-ring (bicyclic) bond motifs is 3. The molecule has 10 heteroatoms. The maximum atomic E-state index is 12.1. The third-order valence-electron chi connectivity index (χ3n) is 5.61. The molecule has 0 radical (unpaired) electrons. The van der Waals surface area contributed by atoms with Crippen molar-refractivity contribution in [1.29, 1.82) is 0 Å². The number of amides is 3. The Morgan fingerprint density at radius 1 is 0.912 bits per heavy atom. The van der Waals surface area contributed by atoms with E-state index in [1.165, 1.54) is 14.0 Å². The van der Waals surface area contributed by atoms with Crippen molar-refractivity contribution >= 4 is 23.9 Å². The number of carbonyl (C=O) groups excluding carboxylic acids is 3. The smallest absolute Gasteiger partial charge is 0.407 e. The Morgan fingerprint density at radius 3 is 2.03 bits per heavy atom. The number of aliphatic carboxylic acids is 1. The number of carboxylic acid groups (broad SMARTS) is 1. The minimum absolute atomic E-state index is 0.104. The van der Waals surface area contributed by atoms with Crippen LogP contribution in [-0.2, 0) is 23.9 Å². The average molecular weight is 469 g/mol. The van der Waals surface area contributed by atoms with Gasteiger partial charge in [-0.05, 0) is 29.2 Å². The van der Waals surface area contributed by atoms with Gasteiger partial charge in [-0.1, -0.05) is 48.5 Å². The van der Waals surface area contributed by atoms with E-state index in [-0.39, 0.29) is 12.5 Å². The summed E-state index contributed by atoms with van der Waals surface area (Å²) in [6.45, 7) is 0.750. The van der Waals surface area contributed by atoms with E-state index in [2.05, 4.69) is 16.0 Å². The van der Waals surface area contributed by atoms with E-state index in [4.69, 9.17) is 14.6 Å². The Bertz CT molecular complexity index is 1030. The number of methoxy groups -OCH3 is 1. The fraction of sp³-hybridized carbons (Fsp3) is 0.333. The molecule has 10 nitrogen and oxygen atoms in total. The predicted molar refractivity (Wildman–Crippen MR) is 122 cm³/mol. The van der Waals surface area contributed by atoms with E-state index in [9.17, 15) is 19.2 Å². The third kappa shape index (κ3) is 5.90. The van der Waals surface area contributed by atoms with Crippen molar-refractivity contribution in [2.24, 2.45) is 0 Å². The lowest BCUT2D eigenvalue weighted by Crippen LogP contribution is -2.51. The standard InChI is InChI=1S/C24H27N3O7/c1-14(33-2)22(23(30)31)27-21(29)12-25-20(28)11-26-24(32)34-13-19-17-9-5-3-7-15(17)16-8-4-6-10-18(16)19/h3-10,14,19,22H,11-13H2,1-2H3,(H,25,28)(H,26,32)(H,27,29)(H,30,31)/t14-,22+/m1/s1. The summed E-state index contributed by atoms with van der Waals surface area (Å²) in [6.07, 6.45) is -1.52. The van der Waals surface area contributed by atoms with Gasteiger partial charge < -0.3 is 30.5 Å². The molecule has 1 aliphatic rings. The van der Waals surface area contributed by atoms with Crippen LogP contribution in [0.1, 0.15) is 24.0 Å². The maximum Gasteiger partial charge on any atom is 0.407 e. The molecule has 1 aliphatic carbocycles. The molecule has 3 amide bonds. The second kappa shape index (κ2) is 11.3. The highest BCUT2D eigenvalue weighted by molar-refractivity contribution is 5.89. The lowest BCUT2D eigenvalue weighted by atomic mass is 9.98. The van der Waals surface area contributed by atoms with Gasteiger partial charge in [0.05, 0.1) is 12.6 Å². The minimum Gasteiger partial charge on any atom is -0.480 e. The first-order chi connectivity index (χ1) is 16.3. The fourth-order valence-corrected chi connectivity index (χ4v) is 3.78. The van der Waals surface area contributed by atoms with Crippen LogP contribution < -0.4 is 16.0 Å². The molecule has 2 aromatic carbocycles. The van der Waals surface area contributed by atoms with E-state index >= 15 is 0 Å². The molecule has 2 aromatic rings. The Kier molecular flexibility index (Phi) is 8.20. The van der Waals surface area contributed by atoms with Gasteiger partial charge in [-0.2, -0.15) is 0 Å². The van der Waals surface area contributed by atoms with Crippen molar-refractivity contribution < 1.29 is 33.8 Å². The van der Waals surface area contributed by atoms with Crippen molar-refractivity contribution in [3.63, 3.8) is 0 Å². The quantitative estimate of drug-likeness (QED) is 0.410. The summed E-state index contributed by atoms with van der Waals surface area (Å²) in [5, 5.41) is 16.1. The molecule has 4 N–H and O–H groups in total. The summed E-state index contributed by atoms with van der Waals surface area (Å²) < 4.78 is 10.3. The molecule has 0 saturated heterocycles. The minimum atomic E-state index is -1.26. The van der Waals surface area contributed by atoms with Crippen molar-refractivity contribution in [1.82, 2.24) is 16.0 Å². The normalized spacial score (nSPS) is 13.7. The van der Waals surface area contributed by atoms with Gasteiger partial charge >= 0.3 is 12.1 Å². The number of hydrogen-bond donors (Lipinski definition) is 4. The van der Waals surface area contributed by atoms with Crippen molar-refractivity contribution in [3.05, 3.63) is 59.7 Å². The van der Waals surface area contributed by atoms with E-state index in [1.807, 2.05) is 48.5 Å². The summed E-state index contributed by atoms with van der Waals surface area (Å²) in [6, 6.07) is 14.6. The zero-order valence-corrected chi connectivity index (χ0v) is 18.9. The Labute approximate surface area is 196 Å². The van der Waals surface area contributed by atoms with Gasteiger partial charge in [-0.15, -0.1) is 0 Å². The number of carbonyl (C=O) groups is 4. The number of benzene rings is 2. The second-order valence-electron chi connectivity index (χ2n) is 7.78. The van der Waals surface area contributed by atoms with Gasteiger partial charge in [0, 0.05) is 13.0 Å². The van der Waals surface area contributed by atoms with E-state index in [0.29, 0.717) is 0 Å². The van der Waals surface area contributed by atoms with Gasteiger partial charge in [0.2, 0.25) is 11.8 Å². The maximum absolute atomic E-state index is 12.1. The molecule has 2 atom stereocenters. The van der Waals surface area contributed by atoms with E-state index in [1.54, 1.807) is 0 Å². The average Bonchev–Trinajstić information content (AvgIpc) is 3.16. The number of rotatable bonds is 10. The first kappa shape index (κ1) is 24.7. The number of alkyl carbamates (subject to hydrolysis) is 1. The Balaban J connectivity index is 1.43. The SMILES string of the molecule is CO[C@H](C)[C@H](NC(=O)CNC(=O)CNC(=O)OCC1c2ccccc2-c2ccccc21)C(=O)O. The molecule has 0 spiro atoms. The lowest BCUT2D eigenvalue weighted by molar-refractivity contribution is -0.145. The molecule has 34 heavy (non-hydrogen) atoms. The molecule has 0 fully saturated rings.